The second kappa shape index (κ2) is 5.89. The summed E-state index contributed by atoms with van der Waals surface area (Å²) >= 11 is 0. The summed E-state index contributed by atoms with van der Waals surface area (Å²) in [5, 5.41) is 4.39. The molecule has 1 aromatic carbocycles. The van der Waals surface area contributed by atoms with E-state index in [-0.39, 0.29) is 5.75 Å². The van der Waals surface area contributed by atoms with E-state index in [1.807, 2.05) is 19.9 Å². The van der Waals surface area contributed by atoms with Crippen molar-refractivity contribution < 1.29 is 8.42 Å². The van der Waals surface area contributed by atoms with Crippen molar-refractivity contribution in [2.75, 3.05) is 5.73 Å². The highest BCUT2D eigenvalue weighted by atomic mass is 32.2. The summed E-state index contributed by atoms with van der Waals surface area (Å²) < 4.78 is 27.0. The quantitative estimate of drug-likeness (QED) is 0.860. The summed E-state index contributed by atoms with van der Waals surface area (Å²) in [6, 6.07) is 6.75. The number of hydrogen-bond donors (Lipinski definition) is 1. The number of hydrogen-bond acceptors (Lipinski definition) is 4. The predicted molar refractivity (Wildman–Crippen MR) is 83.8 cm³/mol. The van der Waals surface area contributed by atoms with Gasteiger partial charge < -0.3 is 5.73 Å². The minimum absolute atomic E-state index is 0.0431. The molecule has 0 aliphatic carbocycles. The maximum absolute atomic E-state index is 12.6. The van der Waals surface area contributed by atoms with Crippen molar-refractivity contribution >= 4 is 15.5 Å². The summed E-state index contributed by atoms with van der Waals surface area (Å²) in [7, 11) is -3.40. The first-order chi connectivity index (χ1) is 9.87. The van der Waals surface area contributed by atoms with E-state index in [0.717, 1.165) is 17.8 Å². The molecule has 2 N–H and O–H groups in total. The Morgan fingerprint density at radius 2 is 1.95 bits per heavy atom. The molecule has 0 atom stereocenters. The molecule has 114 valence electrons. The molecule has 0 bridgehead atoms. The highest BCUT2D eigenvalue weighted by molar-refractivity contribution is 7.90. The van der Waals surface area contributed by atoms with Crippen LogP contribution in [0.5, 0.6) is 0 Å². The lowest BCUT2D eigenvalue weighted by Crippen LogP contribution is -2.11. The number of sulfone groups is 1. The van der Waals surface area contributed by atoms with Gasteiger partial charge in [0.25, 0.3) is 0 Å². The number of nitrogens with two attached hydrogens (primary N) is 1. The average molecular weight is 307 g/mol. The van der Waals surface area contributed by atoms with Crippen molar-refractivity contribution in [1.29, 1.82) is 0 Å². The van der Waals surface area contributed by atoms with E-state index >= 15 is 0 Å². The van der Waals surface area contributed by atoms with E-state index in [2.05, 4.69) is 5.10 Å². The fourth-order valence-electron chi connectivity index (χ4n) is 2.37. The molecule has 0 saturated heterocycles. The van der Waals surface area contributed by atoms with Gasteiger partial charge in [-0.05, 0) is 50.1 Å². The smallest absolute Gasteiger partial charge is 0.184 e. The minimum atomic E-state index is -3.40. The third-order valence-electron chi connectivity index (χ3n) is 3.45. The van der Waals surface area contributed by atoms with Gasteiger partial charge in [0.2, 0.25) is 0 Å². The summed E-state index contributed by atoms with van der Waals surface area (Å²) in [4.78, 5) is 0.332. The highest BCUT2D eigenvalue weighted by Gasteiger charge is 2.20. The molecule has 0 unspecified atom stereocenters. The second-order valence-corrected chi connectivity index (χ2v) is 7.04. The van der Waals surface area contributed by atoms with Gasteiger partial charge in [0, 0.05) is 12.2 Å². The number of nitrogens with zero attached hydrogens (tertiary/aromatic N) is 2. The molecule has 1 heterocycles. The standard InChI is InChI=1S/C15H21N3O2S/c1-4-13-9-14(18(5-2)17-13)10-21(19,20)15-7-6-12(16)8-11(15)3/h6-9H,4-5,10,16H2,1-3H3. The molecule has 0 radical (unpaired) electrons. The number of nitrogen functional groups attached to an aromatic ring is 1. The lowest BCUT2D eigenvalue weighted by Gasteiger charge is -2.09. The van der Waals surface area contributed by atoms with Crippen LogP contribution in [-0.4, -0.2) is 18.2 Å². The van der Waals surface area contributed by atoms with Gasteiger partial charge in [-0.1, -0.05) is 6.92 Å². The molecular formula is C15H21N3O2S. The molecule has 2 aromatic rings. The first kappa shape index (κ1) is 15.6. The first-order valence-corrected chi connectivity index (χ1v) is 8.67. The van der Waals surface area contributed by atoms with E-state index in [0.29, 0.717) is 22.7 Å². The number of anilines is 1. The summed E-state index contributed by atoms with van der Waals surface area (Å²) in [6.07, 6.45) is 0.793. The molecule has 21 heavy (non-hydrogen) atoms. The zero-order chi connectivity index (χ0) is 15.6. The van der Waals surface area contributed by atoms with Gasteiger partial charge in [-0.2, -0.15) is 5.10 Å². The normalized spacial score (nSPS) is 11.8. The van der Waals surface area contributed by atoms with Gasteiger partial charge in [-0.25, -0.2) is 8.42 Å². The average Bonchev–Trinajstić information content (AvgIpc) is 2.79. The highest BCUT2D eigenvalue weighted by Crippen LogP contribution is 2.22. The van der Waals surface area contributed by atoms with Crippen molar-refractivity contribution in [3.05, 3.63) is 41.2 Å². The Labute approximate surface area is 125 Å². The van der Waals surface area contributed by atoms with E-state index < -0.39 is 9.84 Å². The van der Waals surface area contributed by atoms with E-state index in [1.165, 1.54) is 0 Å². The summed E-state index contributed by atoms with van der Waals surface area (Å²) in [5.74, 6) is -0.0431. The van der Waals surface area contributed by atoms with Crippen molar-refractivity contribution in [3.63, 3.8) is 0 Å². The van der Waals surface area contributed by atoms with Gasteiger partial charge in [0.1, 0.15) is 0 Å². The molecule has 2 rings (SSSR count). The van der Waals surface area contributed by atoms with Crippen molar-refractivity contribution in [2.24, 2.45) is 0 Å². The van der Waals surface area contributed by atoms with Crippen LogP contribution < -0.4 is 5.73 Å². The molecule has 1 aromatic heterocycles. The van der Waals surface area contributed by atoms with Crippen LogP contribution in [0, 0.1) is 6.92 Å². The molecule has 6 heteroatoms. The monoisotopic (exact) mass is 307 g/mol. The fourth-order valence-corrected chi connectivity index (χ4v) is 3.97. The molecular weight excluding hydrogens is 286 g/mol. The number of benzene rings is 1. The minimum Gasteiger partial charge on any atom is -0.399 e. The first-order valence-electron chi connectivity index (χ1n) is 7.01. The van der Waals surface area contributed by atoms with Gasteiger partial charge in [-0.15, -0.1) is 0 Å². The van der Waals surface area contributed by atoms with Crippen molar-refractivity contribution in [1.82, 2.24) is 9.78 Å². The number of aromatic nitrogens is 2. The van der Waals surface area contributed by atoms with Gasteiger partial charge in [-0.3, -0.25) is 4.68 Å². The van der Waals surface area contributed by atoms with Crippen LogP contribution in [0.2, 0.25) is 0 Å². The molecule has 0 spiro atoms. The van der Waals surface area contributed by atoms with Crippen molar-refractivity contribution in [2.45, 2.75) is 44.4 Å². The van der Waals surface area contributed by atoms with Crippen LogP contribution >= 0.6 is 0 Å². The molecule has 5 nitrogen and oxygen atoms in total. The van der Waals surface area contributed by atoms with Crippen molar-refractivity contribution in [3.8, 4) is 0 Å². The third kappa shape index (κ3) is 3.26. The summed E-state index contributed by atoms with van der Waals surface area (Å²) in [5.41, 5.74) is 8.56. The molecule has 0 saturated carbocycles. The Bertz CT molecular complexity index is 748. The topological polar surface area (TPSA) is 78.0 Å². The van der Waals surface area contributed by atoms with E-state index in [9.17, 15) is 8.42 Å². The van der Waals surface area contributed by atoms with Gasteiger partial charge >= 0.3 is 0 Å². The van der Waals surface area contributed by atoms with Crippen LogP contribution in [0.4, 0.5) is 5.69 Å². The Morgan fingerprint density at radius 3 is 2.52 bits per heavy atom. The van der Waals surface area contributed by atoms with Crippen LogP contribution in [0.3, 0.4) is 0 Å². The number of rotatable bonds is 5. The second-order valence-electron chi connectivity index (χ2n) is 5.08. The molecule has 0 fully saturated rings. The maximum Gasteiger partial charge on any atom is 0.184 e. The molecule has 0 aliphatic heterocycles. The van der Waals surface area contributed by atoms with Gasteiger partial charge in [0.05, 0.1) is 22.0 Å². The van der Waals surface area contributed by atoms with Crippen LogP contribution in [0.25, 0.3) is 0 Å². The van der Waals surface area contributed by atoms with Crippen LogP contribution in [0.1, 0.15) is 30.8 Å². The summed E-state index contributed by atoms with van der Waals surface area (Å²) in [6.45, 7) is 6.38. The Balaban J connectivity index is 2.39. The predicted octanol–water partition coefficient (Wildman–Crippen LogP) is 2.33. The lowest BCUT2D eigenvalue weighted by atomic mass is 10.2. The number of aryl methyl sites for hydroxylation is 3. The van der Waals surface area contributed by atoms with E-state index in [1.54, 1.807) is 29.8 Å². The zero-order valence-corrected chi connectivity index (χ0v) is 13.4. The SMILES string of the molecule is CCc1cc(CS(=O)(=O)c2ccc(N)cc2C)n(CC)n1. The Kier molecular flexibility index (Phi) is 4.37. The fraction of sp³-hybridized carbons (Fsp3) is 0.400. The maximum atomic E-state index is 12.6. The van der Waals surface area contributed by atoms with Crippen LogP contribution in [-0.2, 0) is 28.6 Å². The third-order valence-corrected chi connectivity index (χ3v) is 5.25. The largest absolute Gasteiger partial charge is 0.399 e. The van der Waals surface area contributed by atoms with Gasteiger partial charge in [0.15, 0.2) is 9.84 Å². The zero-order valence-electron chi connectivity index (χ0n) is 12.6. The Hall–Kier alpha value is -1.82. The van der Waals surface area contributed by atoms with Crippen LogP contribution in [0.15, 0.2) is 29.2 Å². The molecule has 0 amide bonds. The Morgan fingerprint density at radius 1 is 1.24 bits per heavy atom. The lowest BCUT2D eigenvalue weighted by molar-refractivity contribution is 0.584. The van der Waals surface area contributed by atoms with E-state index in [4.69, 9.17) is 5.73 Å². The molecule has 0 aliphatic rings.